The van der Waals surface area contributed by atoms with Crippen molar-refractivity contribution < 1.29 is 4.79 Å². The van der Waals surface area contributed by atoms with Gasteiger partial charge in [-0.05, 0) is 25.7 Å². The van der Waals surface area contributed by atoms with Crippen molar-refractivity contribution >= 4 is 28.1 Å². The molecule has 0 aliphatic carbocycles. The molecular weight excluding hydrogens is 134 g/mol. The molecule has 7 heavy (non-hydrogen) atoms. The maximum absolute atomic E-state index is 9.94. The van der Waals surface area contributed by atoms with Gasteiger partial charge in [-0.1, -0.05) is 0 Å². The van der Waals surface area contributed by atoms with E-state index in [0.29, 0.717) is 0 Å². The van der Waals surface area contributed by atoms with Gasteiger partial charge in [0.05, 0.1) is 0 Å². The summed E-state index contributed by atoms with van der Waals surface area (Å²) in [5.41, 5.74) is 0. The van der Waals surface area contributed by atoms with E-state index in [9.17, 15) is 4.79 Å². The van der Waals surface area contributed by atoms with Gasteiger partial charge < -0.3 is 0 Å². The zero-order valence-electron chi connectivity index (χ0n) is 4.14. The van der Waals surface area contributed by atoms with Crippen LogP contribution in [0.25, 0.3) is 0 Å². The van der Waals surface area contributed by atoms with Crippen molar-refractivity contribution in [3.63, 3.8) is 0 Å². The van der Waals surface area contributed by atoms with Crippen LogP contribution in [0.5, 0.6) is 0 Å². The smallest absolute Gasteiger partial charge is 0.267 e. The molecule has 0 bridgehead atoms. The Morgan fingerprint density at radius 2 is 2.14 bits per heavy atom. The van der Waals surface area contributed by atoms with E-state index in [4.69, 9.17) is 11.6 Å². The van der Waals surface area contributed by atoms with Gasteiger partial charge in [0, 0.05) is 11.9 Å². The summed E-state index contributed by atoms with van der Waals surface area (Å²) in [5.74, 6) is 0. The average Bonchev–Trinajstić information content (AvgIpc) is 1.27. The van der Waals surface area contributed by atoms with Gasteiger partial charge >= 0.3 is 0 Å². The molecule has 0 unspecified atom stereocenters. The van der Waals surface area contributed by atoms with Crippen LogP contribution in [0.15, 0.2) is 0 Å². The SMILES string of the molecule is CN(C)SC(=O)Cl. The summed E-state index contributed by atoms with van der Waals surface area (Å²) < 4.78 is 1.24. The molecule has 0 radical (unpaired) electrons. The predicted molar refractivity (Wildman–Crippen MR) is 32.5 cm³/mol. The Hall–Kier alpha value is 0.270. The van der Waals surface area contributed by atoms with Crippen molar-refractivity contribution in [1.29, 1.82) is 0 Å². The van der Waals surface area contributed by atoms with Crippen LogP contribution >= 0.6 is 23.5 Å². The fourth-order valence-corrected chi connectivity index (χ4v) is 0.845. The van der Waals surface area contributed by atoms with Gasteiger partial charge in [0.25, 0.3) is 4.57 Å². The van der Waals surface area contributed by atoms with Crippen LogP contribution in [-0.2, 0) is 0 Å². The molecule has 0 fully saturated rings. The molecule has 0 heterocycles. The number of hydrogen-bond acceptors (Lipinski definition) is 3. The first kappa shape index (κ1) is 7.27. The Balaban J connectivity index is 3.13. The minimum Gasteiger partial charge on any atom is -0.267 e. The molecule has 0 rings (SSSR count). The monoisotopic (exact) mass is 139 g/mol. The predicted octanol–water partition coefficient (Wildman–Crippen LogP) is 1.55. The number of nitrogens with zero attached hydrogens (tertiary/aromatic N) is 1. The maximum Gasteiger partial charge on any atom is 0.294 e. The first-order valence-corrected chi connectivity index (χ1v) is 2.83. The van der Waals surface area contributed by atoms with Crippen LogP contribution in [0.4, 0.5) is 4.79 Å². The second-order valence-electron chi connectivity index (χ2n) is 1.14. The summed E-state index contributed by atoms with van der Waals surface area (Å²) in [6.45, 7) is 0. The van der Waals surface area contributed by atoms with Gasteiger partial charge in [-0.25, -0.2) is 4.31 Å². The third-order valence-electron chi connectivity index (χ3n) is 0.254. The number of hydrogen-bond donors (Lipinski definition) is 0. The van der Waals surface area contributed by atoms with E-state index < -0.39 is 4.57 Å². The second kappa shape index (κ2) is 3.29. The first-order chi connectivity index (χ1) is 3.13. The number of rotatable bonds is 1. The summed E-state index contributed by atoms with van der Waals surface area (Å²) in [5, 5.41) is 0. The first-order valence-electron chi connectivity index (χ1n) is 1.67. The van der Waals surface area contributed by atoms with E-state index in [0.717, 1.165) is 11.9 Å². The number of carbonyl (C=O) groups excluding carboxylic acids is 1. The van der Waals surface area contributed by atoms with Crippen LogP contribution in [0, 0.1) is 0 Å². The third kappa shape index (κ3) is 6.27. The van der Waals surface area contributed by atoms with Crippen molar-refractivity contribution in [2.45, 2.75) is 0 Å². The van der Waals surface area contributed by atoms with Crippen molar-refractivity contribution in [3.05, 3.63) is 0 Å². The summed E-state index contributed by atoms with van der Waals surface area (Å²) in [4.78, 5) is 9.94. The highest BCUT2D eigenvalue weighted by atomic mass is 35.5. The Morgan fingerprint density at radius 3 is 2.14 bits per heavy atom. The topological polar surface area (TPSA) is 20.3 Å². The van der Waals surface area contributed by atoms with E-state index in [2.05, 4.69) is 0 Å². The highest BCUT2D eigenvalue weighted by molar-refractivity contribution is 8.14. The lowest BCUT2D eigenvalue weighted by Gasteiger charge is -2.00. The van der Waals surface area contributed by atoms with Gasteiger partial charge in [-0.15, -0.1) is 0 Å². The van der Waals surface area contributed by atoms with E-state index >= 15 is 0 Å². The molecule has 0 aromatic heterocycles. The number of carbonyl (C=O) groups is 1. The normalized spacial score (nSPS) is 9.71. The van der Waals surface area contributed by atoms with Gasteiger partial charge in [0.2, 0.25) is 0 Å². The van der Waals surface area contributed by atoms with E-state index in [1.54, 1.807) is 18.4 Å². The molecule has 0 N–H and O–H groups in total. The van der Waals surface area contributed by atoms with Gasteiger partial charge in [-0.3, -0.25) is 4.79 Å². The lowest BCUT2D eigenvalue weighted by Crippen LogP contribution is -2.00. The van der Waals surface area contributed by atoms with Crippen molar-refractivity contribution in [2.24, 2.45) is 0 Å². The van der Waals surface area contributed by atoms with E-state index in [1.807, 2.05) is 0 Å². The Morgan fingerprint density at radius 1 is 1.71 bits per heavy atom. The fourth-order valence-electron chi connectivity index (χ4n) is 0.144. The Labute approximate surface area is 52.0 Å². The van der Waals surface area contributed by atoms with Gasteiger partial charge in [0.15, 0.2) is 0 Å². The summed E-state index contributed by atoms with van der Waals surface area (Å²) in [7, 11) is 3.51. The highest BCUT2D eigenvalue weighted by Gasteiger charge is 1.95. The fraction of sp³-hybridized carbons (Fsp3) is 0.667. The zero-order chi connectivity index (χ0) is 5.86. The summed E-state index contributed by atoms with van der Waals surface area (Å²) in [6, 6.07) is 0. The quantitative estimate of drug-likeness (QED) is 0.406. The molecule has 0 aromatic rings. The minimum atomic E-state index is -0.398. The standard InChI is InChI=1S/C3H6ClNOS/c1-5(2)7-3(4)6/h1-2H3. The lowest BCUT2D eigenvalue weighted by molar-refractivity contribution is 0.275. The van der Waals surface area contributed by atoms with E-state index in [1.165, 1.54) is 0 Å². The zero-order valence-corrected chi connectivity index (χ0v) is 5.71. The van der Waals surface area contributed by atoms with Crippen molar-refractivity contribution in [2.75, 3.05) is 14.1 Å². The molecule has 0 saturated heterocycles. The van der Waals surface area contributed by atoms with Gasteiger partial charge in [0.1, 0.15) is 0 Å². The van der Waals surface area contributed by atoms with Crippen LogP contribution in [0.3, 0.4) is 0 Å². The molecular formula is C3H6ClNOS. The molecule has 0 aliphatic rings. The van der Waals surface area contributed by atoms with Gasteiger partial charge in [-0.2, -0.15) is 0 Å². The molecule has 4 heteroatoms. The lowest BCUT2D eigenvalue weighted by atomic mass is 11.3. The maximum atomic E-state index is 9.94. The third-order valence-corrected chi connectivity index (χ3v) is 0.970. The molecule has 0 atom stereocenters. The molecule has 0 aliphatic heterocycles. The Kier molecular flexibility index (Phi) is 3.42. The largest absolute Gasteiger partial charge is 0.294 e. The van der Waals surface area contributed by atoms with Crippen LogP contribution in [-0.4, -0.2) is 23.0 Å². The highest BCUT2D eigenvalue weighted by Crippen LogP contribution is 2.07. The molecule has 0 amide bonds. The van der Waals surface area contributed by atoms with Crippen LogP contribution in [0.2, 0.25) is 0 Å². The van der Waals surface area contributed by atoms with Crippen LogP contribution in [0.1, 0.15) is 0 Å². The van der Waals surface area contributed by atoms with Crippen molar-refractivity contribution in [3.8, 4) is 0 Å². The average molecular weight is 140 g/mol. The Bertz CT molecular complexity index is 75.3. The molecule has 0 saturated carbocycles. The van der Waals surface area contributed by atoms with Crippen molar-refractivity contribution in [1.82, 2.24) is 4.31 Å². The molecule has 42 valence electrons. The molecule has 0 spiro atoms. The second-order valence-corrected chi connectivity index (χ2v) is 2.99. The van der Waals surface area contributed by atoms with Crippen LogP contribution < -0.4 is 0 Å². The summed E-state index contributed by atoms with van der Waals surface area (Å²) >= 11 is 5.92. The summed E-state index contributed by atoms with van der Waals surface area (Å²) in [6.07, 6.45) is 0. The minimum absolute atomic E-state index is 0.398. The molecule has 2 nitrogen and oxygen atoms in total. The van der Waals surface area contributed by atoms with E-state index in [-0.39, 0.29) is 0 Å². The molecule has 0 aromatic carbocycles. The number of halogens is 1.